The molecule has 0 saturated carbocycles. The number of rotatable bonds is 6. The normalized spacial score (nSPS) is 17.9. The molecule has 2 aromatic rings. The second-order valence-corrected chi connectivity index (χ2v) is 6.68. The third-order valence-corrected chi connectivity index (χ3v) is 4.97. The third-order valence-electron chi connectivity index (χ3n) is 4.97. The van der Waals surface area contributed by atoms with Crippen molar-refractivity contribution in [3.8, 4) is 0 Å². The van der Waals surface area contributed by atoms with Crippen LogP contribution in [0.25, 0.3) is 0 Å². The lowest BCUT2D eigenvalue weighted by Crippen LogP contribution is -2.37. The van der Waals surface area contributed by atoms with Crippen LogP contribution in [-0.4, -0.2) is 39.6 Å². The zero-order chi connectivity index (χ0) is 18.5. The fourth-order valence-corrected chi connectivity index (χ4v) is 3.63. The summed E-state index contributed by atoms with van der Waals surface area (Å²) in [6.07, 6.45) is 1.71. The van der Waals surface area contributed by atoms with Gasteiger partial charge in [0.2, 0.25) is 5.91 Å². The Bertz CT molecular complexity index is 775. The van der Waals surface area contributed by atoms with E-state index < -0.39 is 12.1 Å². The van der Waals surface area contributed by atoms with Crippen LogP contribution in [0.5, 0.6) is 0 Å². The molecule has 26 heavy (non-hydrogen) atoms. The summed E-state index contributed by atoms with van der Waals surface area (Å²) in [7, 11) is 0. The molecule has 1 fully saturated rings. The van der Waals surface area contributed by atoms with Crippen LogP contribution in [0.2, 0.25) is 0 Å². The summed E-state index contributed by atoms with van der Waals surface area (Å²) in [5, 5.41) is 19.8. The molecular formula is C21H23NO4. The second kappa shape index (κ2) is 8.15. The van der Waals surface area contributed by atoms with Gasteiger partial charge in [0.15, 0.2) is 0 Å². The van der Waals surface area contributed by atoms with Gasteiger partial charge in [-0.2, -0.15) is 0 Å². The predicted octanol–water partition coefficient (Wildman–Crippen LogP) is 3.04. The minimum Gasteiger partial charge on any atom is -0.478 e. The lowest BCUT2D eigenvalue weighted by Gasteiger charge is -2.27. The molecule has 1 aliphatic heterocycles. The van der Waals surface area contributed by atoms with Gasteiger partial charge < -0.3 is 15.1 Å². The maximum atomic E-state index is 12.8. The fraction of sp³-hybridized carbons (Fsp3) is 0.333. The molecule has 5 heteroatoms. The van der Waals surface area contributed by atoms with Crippen molar-refractivity contribution in [1.82, 2.24) is 4.90 Å². The molecule has 0 spiro atoms. The van der Waals surface area contributed by atoms with Crippen LogP contribution < -0.4 is 0 Å². The molecule has 0 aromatic heterocycles. The number of likely N-dealkylation sites (tertiary alicyclic amines) is 1. The van der Waals surface area contributed by atoms with E-state index in [0.717, 1.165) is 18.4 Å². The van der Waals surface area contributed by atoms with Crippen LogP contribution in [0.3, 0.4) is 0 Å². The standard InChI is InChI=1S/C21H23NO4/c23-19(15-7-2-1-3-8-15)14-17-10-6-12-22(17)20(24)13-16-9-4-5-11-18(16)21(25)26/h1-5,7-9,11,17,19,23H,6,10,12-14H2,(H,25,26). The van der Waals surface area contributed by atoms with Crippen molar-refractivity contribution in [2.24, 2.45) is 0 Å². The molecule has 0 radical (unpaired) electrons. The lowest BCUT2D eigenvalue weighted by molar-refractivity contribution is -0.131. The largest absolute Gasteiger partial charge is 0.478 e. The Morgan fingerprint density at radius 1 is 1.08 bits per heavy atom. The molecule has 136 valence electrons. The summed E-state index contributed by atoms with van der Waals surface area (Å²) < 4.78 is 0. The first-order chi connectivity index (χ1) is 12.6. The van der Waals surface area contributed by atoms with Gasteiger partial charge in [-0.15, -0.1) is 0 Å². The predicted molar refractivity (Wildman–Crippen MR) is 97.9 cm³/mol. The van der Waals surface area contributed by atoms with Crippen LogP contribution in [0.15, 0.2) is 54.6 Å². The number of carbonyl (C=O) groups excluding carboxylic acids is 1. The van der Waals surface area contributed by atoms with Crippen molar-refractivity contribution in [3.63, 3.8) is 0 Å². The Hall–Kier alpha value is -2.66. The monoisotopic (exact) mass is 353 g/mol. The second-order valence-electron chi connectivity index (χ2n) is 6.68. The first kappa shape index (κ1) is 18.1. The van der Waals surface area contributed by atoms with E-state index in [-0.39, 0.29) is 23.9 Å². The molecule has 2 atom stereocenters. The molecule has 5 nitrogen and oxygen atoms in total. The van der Waals surface area contributed by atoms with Gasteiger partial charge in [0, 0.05) is 12.6 Å². The highest BCUT2D eigenvalue weighted by molar-refractivity contribution is 5.91. The Morgan fingerprint density at radius 3 is 2.50 bits per heavy atom. The smallest absolute Gasteiger partial charge is 0.335 e. The van der Waals surface area contributed by atoms with E-state index in [2.05, 4.69) is 0 Å². The third kappa shape index (κ3) is 4.11. The van der Waals surface area contributed by atoms with E-state index in [1.807, 2.05) is 30.3 Å². The first-order valence-corrected chi connectivity index (χ1v) is 8.90. The van der Waals surface area contributed by atoms with Gasteiger partial charge in [-0.25, -0.2) is 4.79 Å². The van der Waals surface area contributed by atoms with Crippen LogP contribution >= 0.6 is 0 Å². The van der Waals surface area contributed by atoms with Crippen molar-refractivity contribution < 1.29 is 19.8 Å². The highest BCUT2D eigenvalue weighted by Crippen LogP contribution is 2.28. The Kier molecular flexibility index (Phi) is 5.68. The Morgan fingerprint density at radius 2 is 1.77 bits per heavy atom. The molecule has 2 N–H and O–H groups in total. The summed E-state index contributed by atoms with van der Waals surface area (Å²) in [5.41, 5.74) is 1.54. The maximum Gasteiger partial charge on any atom is 0.335 e. The van der Waals surface area contributed by atoms with Crippen LogP contribution in [0.1, 0.15) is 46.9 Å². The van der Waals surface area contributed by atoms with Crippen molar-refractivity contribution in [3.05, 3.63) is 71.3 Å². The van der Waals surface area contributed by atoms with Gasteiger partial charge in [0.25, 0.3) is 0 Å². The van der Waals surface area contributed by atoms with E-state index in [0.29, 0.717) is 18.5 Å². The number of carboxylic acids is 1. The molecule has 1 amide bonds. The van der Waals surface area contributed by atoms with Crippen molar-refractivity contribution >= 4 is 11.9 Å². The van der Waals surface area contributed by atoms with Gasteiger partial charge in [-0.05, 0) is 36.5 Å². The van der Waals surface area contributed by atoms with E-state index in [4.69, 9.17) is 0 Å². The van der Waals surface area contributed by atoms with Gasteiger partial charge in [0.05, 0.1) is 18.1 Å². The summed E-state index contributed by atoms with van der Waals surface area (Å²) in [6, 6.07) is 16.0. The van der Waals surface area contributed by atoms with Gasteiger partial charge in [0.1, 0.15) is 0 Å². The molecule has 1 heterocycles. The summed E-state index contributed by atoms with van der Waals surface area (Å²) in [5.74, 6) is -1.10. The molecule has 0 bridgehead atoms. The van der Waals surface area contributed by atoms with E-state index >= 15 is 0 Å². The minimum absolute atomic E-state index is 0.0188. The molecule has 2 unspecified atom stereocenters. The van der Waals surface area contributed by atoms with Crippen LogP contribution in [0.4, 0.5) is 0 Å². The molecule has 1 aliphatic rings. The highest BCUT2D eigenvalue weighted by Gasteiger charge is 2.31. The quantitative estimate of drug-likeness (QED) is 0.837. The number of carboxylic acid groups (broad SMARTS) is 1. The first-order valence-electron chi connectivity index (χ1n) is 8.90. The average molecular weight is 353 g/mol. The number of aromatic carboxylic acids is 1. The van der Waals surface area contributed by atoms with E-state index in [1.54, 1.807) is 23.1 Å². The number of benzene rings is 2. The fourth-order valence-electron chi connectivity index (χ4n) is 3.63. The maximum absolute atomic E-state index is 12.8. The molecule has 2 aromatic carbocycles. The molecule has 1 saturated heterocycles. The number of amides is 1. The summed E-state index contributed by atoms with van der Waals surface area (Å²) in [4.78, 5) is 25.9. The Balaban J connectivity index is 1.68. The zero-order valence-electron chi connectivity index (χ0n) is 14.5. The topological polar surface area (TPSA) is 77.8 Å². The van der Waals surface area contributed by atoms with Crippen LogP contribution in [0, 0.1) is 0 Å². The molecular weight excluding hydrogens is 330 g/mol. The number of aliphatic hydroxyl groups is 1. The average Bonchev–Trinajstić information content (AvgIpc) is 3.11. The lowest BCUT2D eigenvalue weighted by atomic mass is 9.99. The van der Waals surface area contributed by atoms with E-state index in [9.17, 15) is 19.8 Å². The summed E-state index contributed by atoms with van der Waals surface area (Å²) >= 11 is 0. The highest BCUT2D eigenvalue weighted by atomic mass is 16.4. The van der Waals surface area contributed by atoms with Crippen LogP contribution in [-0.2, 0) is 11.2 Å². The van der Waals surface area contributed by atoms with Crippen molar-refractivity contribution in [2.45, 2.75) is 37.8 Å². The number of aliphatic hydroxyl groups excluding tert-OH is 1. The van der Waals surface area contributed by atoms with Gasteiger partial charge in [-0.1, -0.05) is 48.5 Å². The van der Waals surface area contributed by atoms with Gasteiger partial charge in [-0.3, -0.25) is 4.79 Å². The number of hydrogen-bond donors (Lipinski definition) is 2. The zero-order valence-corrected chi connectivity index (χ0v) is 14.5. The minimum atomic E-state index is -1.02. The van der Waals surface area contributed by atoms with Crippen molar-refractivity contribution in [1.29, 1.82) is 0 Å². The van der Waals surface area contributed by atoms with E-state index in [1.165, 1.54) is 6.07 Å². The van der Waals surface area contributed by atoms with Gasteiger partial charge >= 0.3 is 5.97 Å². The molecule has 3 rings (SSSR count). The Labute approximate surface area is 152 Å². The molecule has 0 aliphatic carbocycles. The van der Waals surface area contributed by atoms with Crippen molar-refractivity contribution in [2.75, 3.05) is 6.54 Å². The number of nitrogens with zero attached hydrogens (tertiary/aromatic N) is 1. The number of hydrogen-bond acceptors (Lipinski definition) is 3. The number of carbonyl (C=O) groups is 2. The summed E-state index contributed by atoms with van der Waals surface area (Å²) in [6.45, 7) is 0.653. The SMILES string of the molecule is O=C(O)c1ccccc1CC(=O)N1CCCC1CC(O)c1ccccc1.